The summed E-state index contributed by atoms with van der Waals surface area (Å²) in [5, 5.41) is 3.57. The van der Waals surface area contributed by atoms with Crippen molar-refractivity contribution in [3.63, 3.8) is 0 Å². The van der Waals surface area contributed by atoms with Crippen LogP contribution in [0.5, 0.6) is 0 Å². The lowest BCUT2D eigenvalue weighted by Crippen LogP contribution is -2.40. The molecule has 1 atom stereocenters. The van der Waals surface area contributed by atoms with E-state index >= 15 is 0 Å². The number of rotatable bonds is 11. The van der Waals surface area contributed by atoms with Gasteiger partial charge in [-0.2, -0.15) is 0 Å². The monoisotopic (exact) mass is 246 g/mol. The molecular weight excluding hydrogens is 216 g/mol. The van der Waals surface area contributed by atoms with Crippen LogP contribution in [0, 0.1) is 5.41 Å². The van der Waals surface area contributed by atoms with Crippen molar-refractivity contribution in [1.29, 1.82) is 0 Å². The number of nitrogens with one attached hydrogen (secondary N) is 1. The average molecular weight is 246 g/mol. The standard InChI is InChI=1S/C13H30N2O2/c1-13(2,7-9-16-3)11-15-12(10-17-4)6-5-8-14/h12,15H,5-11,14H2,1-4H3. The van der Waals surface area contributed by atoms with Crippen molar-refractivity contribution in [3.05, 3.63) is 0 Å². The van der Waals surface area contributed by atoms with E-state index in [0.29, 0.717) is 6.04 Å². The van der Waals surface area contributed by atoms with Gasteiger partial charge in [0.1, 0.15) is 0 Å². The fourth-order valence-electron chi connectivity index (χ4n) is 1.70. The molecule has 0 bridgehead atoms. The van der Waals surface area contributed by atoms with Crippen molar-refractivity contribution in [1.82, 2.24) is 5.32 Å². The topological polar surface area (TPSA) is 56.5 Å². The molecule has 0 spiro atoms. The van der Waals surface area contributed by atoms with E-state index in [-0.39, 0.29) is 5.41 Å². The average Bonchev–Trinajstić information content (AvgIpc) is 2.30. The van der Waals surface area contributed by atoms with Crippen LogP contribution in [0.25, 0.3) is 0 Å². The number of hydrogen-bond donors (Lipinski definition) is 2. The van der Waals surface area contributed by atoms with Gasteiger partial charge in [-0.3, -0.25) is 0 Å². The van der Waals surface area contributed by atoms with Crippen LogP contribution in [0.1, 0.15) is 33.1 Å². The first-order valence-corrected chi connectivity index (χ1v) is 6.47. The summed E-state index contributed by atoms with van der Waals surface area (Å²) in [5.74, 6) is 0. The Morgan fingerprint density at radius 3 is 2.47 bits per heavy atom. The highest BCUT2D eigenvalue weighted by Crippen LogP contribution is 2.19. The molecule has 4 heteroatoms. The molecule has 0 aromatic rings. The normalized spacial score (nSPS) is 13.9. The second-order valence-corrected chi connectivity index (χ2v) is 5.37. The van der Waals surface area contributed by atoms with Crippen LogP contribution in [0.15, 0.2) is 0 Å². The predicted octanol–water partition coefficient (Wildman–Crippen LogP) is 1.39. The molecule has 0 amide bonds. The van der Waals surface area contributed by atoms with Gasteiger partial charge in [-0.15, -0.1) is 0 Å². The third-order valence-electron chi connectivity index (χ3n) is 2.98. The Morgan fingerprint density at radius 2 is 1.94 bits per heavy atom. The molecule has 1 unspecified atom stereocenters. The molecule has 0 fully saturated rings. The van der Waals surface area contributed by atoms with Gasteiger partial charge in [-0.05, 0) is 31.2 Å². The van der Waals surface area contributed by atoms with Gasteiger partial charge in [-0.25, -0.2) is 0 Å². The molecule has 0 radical (unpaired) electrons. The Hall–Kier alpha value is -0.160. The first kappa shape index (κ1) is 16.8. The van der Waals surface area contributed by atoms with Gasteiger partial charge in [0.2, 0.25) is 0 Å². The van der Waals surface area contributed by atoms with E-state index in [9.17, 15) is 0 Å². The molecule has 17 heavy (non-hydrogen) atoms. The maximum absolute atomic E-state index is 5.54. The van der Waals surface area contributed by atoms with Crippen LogP contribution < -0.4 is 11.1 Å². The fraction of sp³-hybridized carbons (Fsp3) is 1.00. The molecule has 0 saturated heterocycles. The van der Waals surface area contributed by atoms with E-state index in [1.165, 1.54) is 0 Å². The molecule has 104 valence electrons. The predicted molar refractivity (Wildman–Crippen MR) is 72.2 cm³/mol. The molecule has 0 aromatic carbocycles. The summed E-state index contributed by atoms with van der Waals surface area (Å²) in [7, 11) is 3.49. The van der Waals surface area contributed by atoms with Crippen LogP contribution in [0.2, 0.25) is 0 Å². The molecule has 0 rings (SSSR count). The highest BCUT2D eigenvalue weighted by molar-refractivity contribution is 4.75. The highest BCUT2D eigenvalue weighted by Gasteiger charge is 2.19. The Labute approximate surface area is 106 Å². The largest absolute Gasteiger partial charge is 0.385 e. The molecular formula is C13H30N2O2. The lowest BCUT2D eigenvalue weighted by atomic mass is 9.89. The zero-order valence-corrected chi connectivity index (χ0v) is 11.9. The molecule has 0 saturated carbocycles. The van der Waals surface area contributed by atoms with Gasteiger partial charge in [0.05, 0.1) is 6.61 Å². The smallest absolute Gasteiger partial charge is 0.0615 e. The molecule has 0 aliphatic carbocycles. The van der Waals surface area contributed by atoms with Crippen LogP contribution in [-0.2, 0) is 9.47 Å². The molecule has 0 aliphatic heterocycles. The van der Waals surface area contributed by atoms with Gasteiger partial charge < -0.3 is 20.5 Å². The van der Waals surface area contributed by atoms with Crippen LogP contribution >= 0.6 is 0 Å². The van der Waals surface area contributed by atoms with Crippen LogP contribution in [0.3, 0.4) is 0 Å². The zero-order chi connectivity index (χ0) is 13.1. The first-order chi connectivity index (χ1) is 8.05. The van der Waals surface area contributed by atoms with Gasteiger partial charge >= 0.3 is 0 Å². The lowest BCUT2D eigenvalue weighted by molar-refractivity contribution is 0.133. The number of nitrogens with two attached hydrogens (primary N) is 1. The van der Waals surface area contributed by atoms with E-state index in [0.717, 1.165) is 45.6 Å². The lowest BCUT2D eigenvalue weighted by Gasteiger charge is -2.28. The van der Waals surface area contributed by atoms with Gasteiger partial charge in [0.15, 0.2) is 0 Å². The summed E-state index contributed by atoms with van der Waals surface area (Å²) in [4.78, 5) is 0. The molecule has 4 nitrogen and oxygen atoms in total. The minimum absolute atomic E-state index is 0.255. The van der Waals surface area contributed by atoms with Crippen LogP contribution in [-0.4, -0.2) is 46.6 Å². The summed E-state index contributed by atoms with van der Waals surface area (Å²) in [6, 6.07) is 0.408. The van der Waals surface area contributed by atoms with Crippen molar-refractivity contribution < 1.29 is 9.47 Å². The van der Waals surface area contributed by atoms with Gasteiger partial charge in [-0.1, -0.05) is 13.8 Å². The van der Waals surface area contributed by atoms with Crippen molar-refractivity contribution in [2.24, 2.45) is 11.1 Å². The Morgan fingerprint density at radius 1 is 1.24 bits per heavy atom. The van der Waals surface area contributed by atoms with E-state index in [1.54, 1.807) is 14.2 Å². The third kappa shape index (κ3) is 9.53. The fourth-order valence-corrected chi connectivity index (χ4v) is 1.70. The molecule has 0 heterocycles. The summed E-state index contributed by atoms with van der Waals surface area (Å²) in [6.45, 7) is 7.80. The van der Waals surface area contributed by atoms with Crippen molar-refractivity contribution in [3.8, 4) is 0 Å². The number of methoxy groups -OCH3 is 2. The SMILES string of the molecule is COCCC(C)(C)CNC(CCCN)COC. The van der Waals surface area contributed by atoms with E-state index in [1.807, 2.05) is 0 Å². The maximum Gasteiger partial charge on any atom is 0.0615 e. The summed E-state index contributed by atoms with van der Waals surface area (Å²) in [5.41, 5.74) is 5.79. The molecule has 0 aromatic heterocycles. The van der Waals surface area contributed by atoms with Crippen molar-refractivity contribution in [2.75, 3.05) is 40.5 Å². The Bertz CT molecular complexity index is 175. The highest BCUT2D eigenvalue weighted by atomic mass is 16.5. The Kier molecular flexibility index (Phi) is 9.74. The van der Waals surface area contributed by atoms with Gasteiger partial charge in [0.25, 0.3) is 0 Å². The second-order valence-electron chi connectivity index (χ2n) is 5.37. The molecule has 0 aliphatic rings. The van der Waals surface area contributed by atoms with E-state index in [2.05, 4.69) is 19.2 Å². The quantitative estimate of drug-likeness (QED) is 0.578. The minimum Gasteiger partial charge on any atom is -0.385 e. The summed E-state index contributed by atoms with van der Waals surface area (Å²) in [6.07, 6.45) is 3.18. The van der Waals surface area contributed by atoms with E-state index < -0.39 is 0 Å². The van der Waals surface area contributed by atoms with Crippen LogP contribution in [0.4, 0.5) is 0 Å². The summed E-state index contributed by atoms with van der Waals surface area (Å²) < 4.78 is 10.3. The van der Waals surface area contributed by atoms with Gasteiger partial charge in [0, 0.05) is 33.4 Å². The van der Waals surface area contributed by atoms with E-state index in [4.69, 9.17) is 15.2 Å². The third-order valence-corrected chi connectivity index (χ3v) is 2.98. The summed E-state index contributed by atoms with van der Waals surface area (Å²) >= 11 is 0. The maximum atomic E-state index is 5.54. The molecule has 3 N–H and O–H groups in total. The Balaban J connectivity index is 3.91. The second kappa shape index (κ2) is 9.83. The number of ether oxygens (including phenoxy) is 2. The first-order valence-electron chi connectivity index (χ1n) is 6.47. The number of hydrogen-bond acceptors (Lipinski definition) is 4. The van der Waals surface area contributed by atoms with Crippen molar-refractivity contribution >= 4 is 0 Å². The minimum atomic E-state index is 0.255. The van der Waals surface area contributed by atoms with Crippen molar-refractivity contribution in [2.45, 2.75) is 39.2 Å². The zero-order valence-electron chi connectivity index (χ0n) is 11.9.